The summed E-state index contributed by atoms with van der Waals surface area (Å²) in [6.45, 7) is -0.228. The molecule has 3 N–H and O–H groups in total. The Bertz CT molecular complexity index is 1240. The Kier molecular flexibility index (Phi) is 9.12. The average molecular weight is 590 g/mol. The zero-order valence-electron chi connectivity index (χ0n) is 18.4. The van der Waals surface area contributed by atoms with Crippen molar-refractivity contribution in [2.24, 2.45) is 5.10 Å². The molecule has 3 amide bonds. The van der Waals surface area contributed by atoms with Crippen LogP contribution in [0.25, 0.3) is 0 Å². The average Bonchev–Trinajstić information content (AvgIpc) is 2.85. The number of anilines is 2. The summed E-state index contributed by atoms with van der Waals surface area (Å²) in [4.78, 5) is 36.0. The lowest BCUT2D eigenvalue weighted by Crippen LogP contribution is -2.32. The maximum atomic E-state index is 12.9. The molecule has 0 radical (unpaired) electrons. The second-order valence-electron chi connectivity index (χ2n) is 6.90. The van der Waals surface area contributed by atoms with Gasteiger partial charge in [0.25, 0.3) is 5.91 Å². The van der Waals surface area contributed by atoms with Crippen LogP contribution in [-0.4, -0.2) is 37.7 Å². The van der Waals surface area contributed by atoms with E-state index in [-0.39, 0.29) is 18.2 Å². The van der Waals surface area contributed by atoms with E-state index in [0.717, 1.165) is 12.1 Å². The number of benzene rings is 3. The Morgan fingerprint density at radius 1 is 0.971 bits per heavy atom. The molecule has 0 spiro atoms. The van der Waals surface area contributed by atoms with Crippen molar-refractivity contribution in [1.82, 2.24) is 5.43 Å². The monoisotopic (exact) mass is 590 g/mol. The molecule has 0 aliphatic carbocycles. The first-order valence-corrected chi connectivity index (χ1v) is 11.2. The first-order chi connectivity index (χ1) is 16.9. The minimum Gasteiger partial charge on any atom is -0.493 e. The zero-order chi connectivity index (χ0) is 25.2. The van der Waals surface area contributed by atoms with Gasteiger partial charge in [-0.15, -0.1) is 0 Å². The number of para-hydroxylation sites is 1. The van der Waals surface area contributed by atoms with Gasteiger partial charge in [-0.25, -0.2) is 9.82 Å². The van der Waals surface area contributed by atoms with Gasteiger partial charge in [0.2, 0.25) is 0 Å². The molecule has 9 nitrogen and oxygen atoms in total. The molecule has 11 heteroatoms. The number of carbonyl (C=O) groups is 3. The Morgan fingerprint density at radius 2 is 1.66 bits per heavy atom. The lowest BCUT2D eigenvalue weighted by Gasteiger charge is -2.13. The number of nitrogens with zero attached hydrogens (tertiary/aromatic N) is 1. The lowest BCUT2D eigenvalue weighted by atomic mass is 10.2. The third-order valence-electron chi connectivity index (χ3n) is 4.34. The largest absolute Gasteiger partial charge is 0.493 e. The second kappa shape index (κ2) is 12.5. The topological polar surface area (TPSA) is 118 Å². The van der Waals surface area contributed by atoms with Crippen molar-refractivity contribution in [3.63, 3.8) is 0 Å². The molecule has 3 aromatic rings. The first kappa shape index (κ1) is 25.6. The molecule has 35 heavy (non-hydrogen) atoms. The number of hydrogen-bond donors (Lipinski definition) is 3. The van der Waals surface area contributed by atoms with Gasteiger partial charge in [-0.05, 0) is 76.7 Å². The fourth-order valence-electron chi connectivity index (χ4n) is 2.75. The summed E-state index contributed by atoms with van der Waals surface area (Å²) >= 11 is 2.02. The van der Waals surface area contributed by atoms with Gasteiger partial charge in [0.05, 0.1) is 16.9 Å². The van der Waals surface area contributed by atoms with E-state index in [0.29, 0.717) is 26.3 Å². The Hall–Kier alpha value is -4.00. The summed E-state index contributed by atoms with van der Waals surface area (Å²) in [6, 6.07) is 17.3. The molecular weight excluding hydrogens is 570 g/mol. The molecule has 0 aromatic heterocycles. The molecule has 0 atom stereocenters. The predicted molar refractivity (Wildman–Crippen MR) is 137 cm³/mol. The van der Waals surface area contributed by atoms with Crippen LogP contribution in [0.15, 0.2) is 71.8 Å². The van der Waals surface area contributed by atoms with Crippen LogP contribution >= 0.6 is 22.6 Å². The van der Waals surface area contributed by atoms with E-state index < -0.39 is 17.6 Å². The smallest absolute Gasteiger partial charge is 0.329 e. The highest BCUT2D eigenvalue weighted by molar-refractivity contribution is 14.1. The van der Waals surface area contributed by atoms with Gasteiger partial charge in [-0.1, -0.05) is 18.2 Å². The molecule has 0 bridgehead atoms. The summed E-state index contributed by atoms with van der Waals surface area (Å²) < 4.78 is 24.6. The Balaban J connectivity index is 1.57. The molecule has 0 aliphatic heterocycles. The van der Waals surface area contributed by atoms with Crippen molar-refractivity contribution < 1.29 is 28.2 Å². The molecule has 3 aromatic carbocycles. The highest BCUT2D eigenvalue weighted by Crippen LogP contribution is 2.33. The van der Waals surface area contributed by atoms with Crippen molar-refractivity contribution >= 4 is 57.9 Å². The SMILES string of the molecule is COc1cc(/C=N\NC(=O)C(=O)Nc2ccc(F)cc2)cc(I)c1OCC(=O)Nc1ccccc1. The van der Waals surface area contributed by atoms with Crippen LogP contribution in [0.1, 0.15) is 5.56 Å². The summed E-state index contributed by atoms with van der Waals surface area (Å²) in [5.74, 6) is -2.03. The molecule has 3 rings (SSSR count). The van der Waals surface area contributed by atoms with Gasteiger partial charge in [0.15, 0.2) is 18.1 Å². The maximum Gasteiger partial charge on any atom is 0.329 e. The van der Waals surface area contributed by atoms with Crippen molar-refractivity contribution in [1.29, 1.82) is 0 Å². The van der Waals surface area contributed by atoms with Crippen molar-refractivity contribution in [3.8, 4) is 11.5 Å². The number of hydrogen-bond acceptors (Lipinski definition) is 6. The number of hydrazone groups is 1. The zero-order valence-corrected chi connectivity index (χ0v) is 20.5. The summed E-state index contributed by atoms with van der Waals surface area (Å²) in [7, 11) is 1.45. The van der Waals surface area contributed by atoms with E-state index in [1.54, 1.807) is 24.3 Å². The maximum absolute atomic E-state index is 12.9. The fourth-order valence-corrected chi connectivity index (χ4v) is 3.53. The number of rotatable bonds is 8. The summed E-state index contributed by atoms with van der Waals surface area (Å²) in [6.07, 6.45) is 1.32. The fraction of sp³-hybridized carbons (Fsp3) is 0.0833. The van der Waals surface area contributed by atoms with Crippen LogP contribution in [0.2, 0.25) is 0 Å². The summed E-state index contributed by atoms with van der Waals surface area (Å²) in [5.41, 5.74) is 3.58. The Labute approximate surface area is 213 Å². The third kappa shape index (κ3) is 7.78. The van der Waals surface area contributed by atoms with E-state index in [1.807, 2.05) is 40.8 Å². The number of carbonyl (C=O) groups excluding carboxylic acids is 3. The predicted octanol–water partition coefficient (Wildman–Crippen LogP) is 3.55. The van der Waals surface area contributed by atoms with E-state index in [4.69, 9.17) is 9.47 Å². The van der Waals surface area contributed by atoms with Gasteiger partial charge >= 0.3 is 11.8 Å². The van der Waals surface area contributed by atoms with E-state index in [9.17, 15) is 18.8 Å². The van der Waals surface area contributed by atoms with Crippen LogP contribution in [0.3, 0.4) is 0 Å². The van der Waals surface area contributed by atoms with E-state index >= 15 is 0 Å². The lowest BCUT2D eigenvalue weighted by molar-refractivity contribution is -0.136. The van der Waals surface area contributed by atoms with E-state index in [2.05, 4.69) is 21.2 Å². The number of amides is 3. The molecule has 0 heterocycles. The third-order valence-corrected chi connectivity index (χ3v) is 5.15. The molecule has 0 saturated heterocycles. The number of methoxy groups -OCH3 is 1. The van der Waals surface area contributed by atoms with Crippen LogP contribution in [0.4, 0.5) is 15.8 Å². The number of nitrogens with one attached hydrogen (secondary N) is 3. The quantitative estimate of drug-likeness (QED) is 0.161. The Morgan fingerprint density at radius 3 is 2.34 bits per heavy atom. The second-order valence-corrected chi connectivity index (χ2v) is 8.06. The highest BCUT2D eigenvalue weighted by Gasteiger charge is 2.15. The molecule has 0 unspecified atom stereocenters. The van der Waals surface area contributed by atoms with Crippen molar-refractivity contribution in [2.75, 3.05) is 24.4 Å². The standard InChI is InChI=1S/C24H20FIN4O5/c1-34-20-12-15(13-27-30-24(33)23(32)29-18-9-7-16(25)8-10-18)11-19(26)22(20)35-14-21(31)28-17-5-3-2-4-6-17/h2-13H,14H2,1H3,(H,28,31)(H,29,32)(H,30,33)/b27-13-. The highest BCUT2D eigenvalue weighted by atomic mass is 127. The van der Waals surface area contributed by atoms with E-state index in [1.165, 1.54) is 25.5 Å². The molecule has 0 aliphatic rings. The van der Waals surface area contributed by atoms with Gasteiger partial charge in [0.1, 0.15) is 5.82 Å². The van der Waals surface area contributed by atoms with Gasteiger partial charge in [-0.2, -0.15) is 5.10 Å². The van der Waals surface area contributed by atoms with Gasteiger partial charge in [0, 0.05) is 11.4 Å². The van der Waals surface area contributed by atoms with Crippen LogP contribution in [-0.2, 0) is 14.4 Å². The van der Waals surface area contributed by atoms with Crippen molar-refractivity contribution in [2.45, 2.75) is 0 Å². The van der Waals surface area contributed by atoms with Crippen LogP contribution in [0.5, 0.6) is 11.5 Å². The molecular formula is C24H20FIN4O5. The molecule has 180 valence electrons. The minimum atomic E-state index is -1.00. The van der Waals surface area contributed by atoms with Gasteiger partial charge < -0.3 is 20.1 Å². The van der Waals surface area contributed by atoms with Gasteiger partial charge in [-0.3, -0.25) is 14.4 Å². The van der Waals surface area contributed by atoms with Crippen molar-refractivity contribution in [3.05, 3.63) is 81.7 Å². The first-order valence-electron chi connectivity index (χ1n) is 10.1. The van der Waals surface area contributed by atoms with Crippen LogP contribution < -0.4 is 25.5 Å². The summed E-state index contributed by atoms with van der Waals surface area (Å²) in [5, 5.41) is 8.83. The number of halogens is 2. The number of ether oxygens (including phenoxy) is 2. The van der Waals surface area contributed by atoms with Crippen LogP contribution in [0, 0.1) is 9.39 Å². The normalized spacial score (nSPS) is 10.5. The molecule has 0 fully saturated rings. The minimum absolute atomic E-state index is 0.228. The molecule has 0 saturated carbocycles.